The third-order valence-electron chi connectivity index (χ3n) is 3.55. The van der Waals surface area contributed by atoms with E-state index in [0.29, 0.717) is 12.2 Å². The van der Waals surface area contributed by atoms with Gasteiger partial charge in [-0.1, -0.05) is 6.92 Å². The van der Waals surface area contributed by atoms with Gasteiger partial charge in [-0.3, -0.25) is 14.9 Å². The van der Waals surface area contributed by atoms with Gasteiger partial charge in [-0.05, 0) is 18.1 Å². The Bertz CT molecular complexity index is 572. The molecule has 8 heteroatoms. The Morgan fingerprint density at radius 2 is 1.95 bits per heavy atom. The highest BCUT2D eigenvalue weighted by Crippen LogP contribution is 2.24. The number of urea groups is 1. The molecule has 8 nitrogen and oxygen atoms in total. The molecule has 0 spiro atoms. The number of carbonyl (C=O) groups excluding carboxylic acids is 1. The molecule has 0 bridgehead atoms. The SMILES string of the molecule is C[C@@H]1CN(C(=O)Nc2ccc([N+](=O)[O-])cc2)C[C@H]1C(=O)O. The van der Waals surface area contributed by atoms with E-state index in [-0.39, 0.29) is 18.2 Å². The van der Waals surface area contributed by atoms with Crippen molar-refractivity contribution in [2.75, 3.05) is 18.4 Å². The van der Waals surface area contributed by atoms with Crippen LogP contribution in [0.15, 0.2) is 24.3 Å². The van der Waals surface area contributed by atoms with Crippen LogP contribution in [0.2, 0.25) is 0 Å². The summed E-state index contributed by atoms with van der Waals surface area (Å²) in [4.78, 5) is 34.5. The van der Waals surface area contributed by atoms with Crippen LogP contribution >= 0.6 is 0 Å². The summed E-state index contributed by atoms with van der Waals surface area (Å²) in [7, 11) is 0. The van der Waals surface area contributed by atoms with Crippen LogP contribution in [0.5, 0.6) is 0 Å². The second-order valence-electron chi connectivity index (χ2n) is 5.06. The van der Waals surface area contributed by atoms with Crippen molar-refractivity contribution in [1.82, 2.24) is 4.90 Å². The van der Waals surface area contributed by atoms with Crippen molar-refractivity contribution in [3.05, 3.63) is 34.4 Å². The standard InChI is InChI=1S/C13H15N3O5/c1-8-6-15(7-11(8)12(17)18)13(19)14-9-2-4-10(5-3-9)16(20)21/h2-5,8,11H,6-7H2,1H3,(H,14,19)(H,17,18)/t8-,11-/m1/s1. The van der Waals surface area contributed by atoms with E-state index in [0.717, 1.165) is 0 Å². The molecule has 112 valence electrons. The molecule has 1 aliphatic rings. The van der Waals surface area contributed by atoms with Crippen molar-refractivity contribution in [3.63, 3.8) is 0 Å². The average Bonchev–Trinajstić information content (AvgIpc) is 2.81. The van der Waals surface area contributed by atoms with Crippen LogP contribution in [0.4, 0.5) is 16.2 Å². The Morgan fingerprint density at radius 1 is 1.33 bits per heavy atom. The number of carboxylic acids is 1. The van der Waals surface area contributed by atoms with Gasteiger partial charge >= 0.3 is 12.0 Å². The van der Waals surface area contributed by atoms with E-state index in [2.05, 4.69) is 5.32 Å². The molecule has 0 aliphatic carbocycles. The van der Waals surface area contributed by atoms with E-state index in [9.17, 15) is 19.7 Å². The number of carbonyl (C=O) groups is 2. The zero-order chi connectivity index (χ0) is 15.6. The Hall–Kier alpha value is -2.64. The van der Waals surface area contributed by atoms with Gasteiger partial charge in [0.1, 0.15) is 0 Å². The second-order valence-corrected chi connectivity index (χ2v) is 5.06. The maximum absolute atomic E-state index is 12.0. The van der Waals surface area contributed by atoms with Gasteiger partial charge in [0.2, 0.25) is 0 Å². The lowest BCUT2D eigenvalue weighted by Gasteiger charge is -2.16. The molecule has 0 radical (unpaired) electrons. The van der Waals surface area contributed by atoms with Crippen LogP contribution in [0.1, 0.15) is 6.92 Å². The van der Waals surface area contributed by atoms with Crippen LogP contribution in [0.3, 0.4) is 0 Å². The second kappa shape index (κ2) is 5.78. The summed E-state index contributed by atoms with van der Waals surface area (Å²) in [6, 6.07) is 5.05. The highest BCUT2D eigenvalue weighted by molar-refractivity contribution is 5.90. The summed E-state index contributed by atoms with van der Waals surface area (Å²) in [5, 5.41) is 22.2. The molecule has 1 heterocycles. The topological polar surface area (TPSA) is 113 Å². The molecule has 2 N–H and O–H groups in total. The summed E-state index contributed by atoms with van der Waals surface area (Å²) >= 11 is 0. The van der Waals surface area contributed by atoms with Crippen LogP contribution in [0.25, 0.3) is 0 Å². The number of nitrogens with one attached hydrogen (secondary N) is 1. The summed E-state index contributed by atoms with van der Waals surface area (Å²) in [6.07, 6.45) is 0. The van der Waals surface area contributed by atoms with Gasteiger partial charge in [-0.25, -0.2) is 4.79 Å². The molecule has 0 unspecified atom stereocenters. The fourth-order valence-corrected chi connectivity index (χ4v) is 2.32. The zero-order valence-electron chi connectivity index (χ0n) is 11.4. The van der Waals surface area contributed by atoms with Crippen LogP contribution in [-0.4, -0.2) is 40.0 Å². The van der Waals surface area contributed by atoms with Crippen molar-refractivity contribution < 1.29 is 19.6 Å². The maximum Gasteiger partial charge on any atom is 0.321 e. The van der Waals surface area contributed by atoms with Crippen molar-refractivity contribution in [2.45, 2.75) is 6.92 Å². The predicted molar refractivity (Wildman–Crippen MR) is 74.0 cm³/mol. The van der Waals surface area contributed by atoms with Crippen molar-refractivity contribution in [3.8, 4) is 0 Å². The molecule has 1 aromatic carbocycles. The number of nitrogens with zero attached hydrogens (tertiary/aromatic N) is 2. The van der Waals surface area contributed by atoms with Crippen LogP contribution in [0, 0.1) is 22.0 Å². The fourth-order valence-electron chi connectivity index (χ4n) is 2.32. The van der Waals surface area contributed by atoms with Crippen LogP contribution < -0.4 is 5.32 Å². The molecule has 0 saturated carbocycles. The van der Waals surface area contributed by atoms with Gasteiger partial charge in [-0.15, -0.1) is 0 Å². The van der Waals surface area contributed by atoms with Crippen LogP contribution in [-0.2, 0) is 4.79 Å². The smallest absolute Gasteiger partial charge is 0.321 e. The molecule has 0 aromatic heterocycles. The first kappa shape index (κ1) is 14.8. The Balaban J connectivity index is 1.99. The number of hydrogen-bond acceptors (Lipinski definition) is 4. The molecule has 2 amide bonds. The molecular formula is C13H15N3O5. The first-order chi connectivity index (χ1) is 9.88. The number of likely N-dealkylation sites (tertiary alicyclic amines) is 1. The minimum Gasteiger partial charge on any atom is -0.481 e. The lowest BCUT2D eigenvalue weighted by molar-refractivity contribution is -0.384. The third-order valence-corrected chi connectivity index (χ3v) is 3.55. The maximum atomic E-state index is 12.0. The number of amides is 2. The lowest BCUT2D eigenvalue weighted by Crippen LogP contribution is -2.33. The van der Waals surface area contributed by atoms with E-state index in [1.165, 1.54) is 29.2 Å². The number of hydrogen-bond donors (Lipinski definition) is 2. The van der Waals surface area contributed by atoms with E-state index in [1.54, 1.807) is 6.92 Å². The number of non-ortho nitro benzene ring substituents is 1. The monoisotopic (exact) mass is 293 g/mol. The first-order valence-corrected chi connectivity index (χ1v) is 6.41. The molecule has 2 rings (SSSR count). The lowest BCUT2D eigenvalue weighted by atomic mass is 9.99. The summed E-state index contributed by atoms with van der Waals surface area (Å²) in [5.74, 6) is -1.58. The van der Waals surface area contributed by atoms with Gasteiger partial charge in [0, 0.05) is 30.9 Å². The molecule has 1 fully saturated rings. The number of benzene rings is 1. The zero-order valence-corrected chi connectivity index (χ0v) is 11.4. The number of carboxylic acid groups (broad SMARTS) is 1. The summed E-state index contributed by atoms with van der Waals surface area (Å²) in [5.41, 5.74) is 0.366. The van der Waals surface area contributed by atoms with Crippen molar-refractivity contribution in [1.29, 1.82) is 0 Å². The van der Waals surface area contributed by atoms with E-state index in [1.807, 2.05) is 0 Å². The molecule has 1 aromatic rings. The fraction of sp³-hybridized carbons (Fsp3) is 0.385. The molecule has 2 atom stereocenters. The van der Waals surface area contributed by atoms with E-state index < -0.39 is 22.8 Å². The quantitative estimate of drug-likeness (QED) is 0.651. The number of anilines is 1. The van der Waals surface area contributed by atoms with E-state index >= 15 is 0 Å². The van der Waals surface area contributed by atoms with Gasteiger partial charge in [0.05, 0.1) is 10.8 Å². The number of rotatable bonds is 3. The molecule has 1 saturated heterocycles. The Morgan fingerprint density at radius 3 is 2.43 bits per heavy atom. The third kappa shape index (κ3) is 3.28. The normalized spacial score (nSPS) is 21.1. The first-order valence-electron chi connectivity index (χ1n) is 6.41. The average molecular weight is 293 g/mol. The summed E-state index contributed by atoms with van der Waals surface area (Å²) < 4.78 is 0. The Kier molecular flexibility index (Phi) is 4.06. The predicted octanol–water partition coefficient (Wildman–Crippen LogP) is 1.78. The molecule has 1 aliphatic heterocycles. The molecular weight excluding hydrogens is 278 g/mol. The van der Waals surface area contributed by atoms with E-state index in [4.69, 9.17) is 5.11 Å². The largest absolute Gasteiger partial charge is 0.481 e. The van der Waals surface area contributed by atoms with Gasteiger partial charge in [0.15, 0.2) is 0 Å². The van der Waals surface area contributed by atoms with Gasteiger partial charge in [-0.2, -0.15) is 0 Å². The van der Waals surface area contributed by atoms with Gasteiger partial charge in [0.25, 0.3) is 5.69 Å². The van der Waals surface area contributed by atoms with Gasteiger partial charge < -0.3 is 15.3 Å². The molecule has 21 heavy (non-hydrogen) atoms. The minimum atomic E-state index is -0.909. The number of nitro benzene ring substituents is 1. The highest BCUT2D eigenvalue weighted by atomic mass is 16.6. The van der Waals surface area contributed by atoms with Crippen molar-refractivity contribution >= 4 is 23.4 Å². The number of aliphatic carboxylic acids is 1. The Labute approximate surface area is 120 Å². The van der Waals surface area contributed by atoms with Crippen molar-refractivity contribution in [2.24, 2.45) is 11.8 Å². The minimum absolute atomic E-state index is 0.0614. The summed E-state index contributed by atoms with van der Waals surface area (Å²) in [6.45, 7) is 2.32. The highest BCUT2D eigenvalue weighted by Gasteiger charge is 2.36. The number of nitro groups is 1.